The molecule has 29 heavy (non-hydrogen) atoms. The molecular formula is C25H30N2O2. The van der Waals surface area contributed by atoms with Crippen molar-refractivity contribution in [2.45, 2.75) is 39.7 Å². The van der Waals surface area contributed by atoms with E-state index in [1.54, 1.807) is 0 Å². The summed E-state index contributed by atoms with van der Waals surface area (Å²) in [6.07, 6.45) is 1.46. The number of benzene rings is 2. The van der Waals surface area contributed by atoms with Gasteiger partial charge in [0, 0.05) is 43.5 Å². The van der Waals surface area contributed by atoms with Crippen molar-refractivity contribution >= 4 is 11.8 Å². The van der Waals surface area contributed by atoms with E-state index < -0.39 is 0 Å². The van der Waals surface area contributed by atoms with Gasteiger partial charge in [0.15, 0.2) is 0 Å². The molecule has 0 saturated carbocycles. The summed E-state index contributed by atoms with van der Waals surface area (Å²) in [7, 11) is 0. The molecule has 0 N–H and O–H groups in total. The molecule has 0 bridgehead atoms. The smallest absolute Gasteiger partial charge is 0.253 e. The molecule has 4 rings (SSSR count). The molecule has 2 heterocycles. The van der Waals surface area contributed by atoms with Gasteiger partial charge in [-0.1, -0.05) is 43.3 Å². The number of carbonyl (C=O) groups excluding carboxylic acids is 2. The van der Waals surface area contributed by atoms with Crippen molar-refractivity contribution in [1.29, 1.82) is 0 Å². The van der Waals surface area contributed by atoms with Gasteiger partial charge in [0.05, 0.1) is 6.04 Å². The molecule has 2 saturated heterocycles. The SMILES string of the molecule is CCCC(=O)N1C[C@@H]2CN(C(=O)c3ccc(C)c(C)c3)C[C@@H]2[C@H]1c1ccccc1. The van der Waals surface area contributed by atoms with Gasteiger partial charge in [0.25, 0.3) is 5.91 Å². The van der Waals surface area contributed by atoms with Crippen molar-refractivity contribution in [1.82, 2.24) is 9.80 Å². The van der Waals surface area contributed by atoms with E-state index in [-0.39, 0.29) is 17.9 Å². The molecular weight excluding hydrogens is 360 g/mol. The predicted octanol–water partition coefficient (Wildman–Crippen LogP) is 4.38. The molecule has 0 aliphatic carbocycles. The first-order valence-corrected chi connectivity index (χ1v) is 10.7. The minimum atomic E-state index is 0.0674. The second-order valence-corrected chi connectivity index (χ2v) is 8.58. The van der Waals surface area contributed by atoms with Crippen molar-refractivity contribution in [3.05, 3.63) is 70.8 Å². The summed E-state index contributed by atoms with van der Waals surface area (Å²) in [5, 5.41) is 0. The number of hydrogen-bond acceptors (Lipinski definition) is 2. The zero-order valence-corrected chi connectivity index (χ0v) is 17.6. The normalized spacial score (nSPS) is 23.3. The molecule has 3 atom stereocenters. The molecule has 0 spiro atoms. The van der Waals surface area contributed by atoms with Crippen LogP contribution >= 0.6 is 0 Å². The lowest BCUT2D eigenvalue weighted by atomic mass is 9.89. The van der Waals surface area contributed by atoms with Gasteiger partial charge >= 0.3 is 0 Å². The maximum absolute atomic E-state index is 13.1. The van der Waals surface area contributed by atoms with Crippen LogP contribution in [-0.2, 0) is 4.79 Å². The standard InChI is InChI=1S/C25H30N2O2/c1-4-8-23(28)27-15-21-14-26(25(29)20-12-11-17(2)18(3)13-20)16-22(21)24(27)19-9-6-5-7-10-19/h5-7,9-13,21-22,24H,4,8,14-16H2,1-3H3/t21-,22-,24+/m0/s1. The first-order chi connectivity index (χ1) is 14.0. The highest BCUT2D eigenvalue weighted by molar-refractivity contribution is 5.94. The van der Waals surface area contributed by atoms with Crippen LogP contribution in [0.5, 0.6) is 0 Å². The summed E-state index contributed by atoms with van der Waals surface area (Å²) in [4.78, 5) is 30.0. The van der Waals surface area contributed by atoms with E-state index in [0.29, 0.717) is 24.8 Å². The van der Waals surface area contributed by atoms with Crippen LogP contribution < -0.4 is 0 Å². The zero-order chi connectivity index (χ0) is 20.5. The minimum absolute atomic E-state index is 0.0674. The molecule has 2 aliphatic rings. The van der Waals surface area contributed by atoms with Gasteiger partial charge in [-0.15, -0.1) is 0 Å². The fourth-order valence-corrected chi connectivity index (χ4v) is 4.96. The van der Waals surface area contributed by atoms with Crippen LogP contribution in [0.2, 0.25) is 0 Å². The van der Waals surface area contributed by atoms with Gasteiger partial charge in [-0.05, 0) is 49.1 Å². The van der Waals surface area contributed by atoms with Crippen molar-refractivity contribution in [3.8, 4) is 0 Å². The van der Waals surface area contributed by atoms with E-state index in [1.165, 1.54) is 11.1 Å². The van der Waals surface area contributed by atoms with Crippen LogP contribution in [0.4, 0.5) is 0 Å². The summed E-state index contributed by atoms with van der Waals surface area (Å²) < 4.78 is 0. The Balaban J connectivity index is 1.57. The van der Waals surface area contributed by atoms with Crippen molar-refractivity contribution in [2.24, 2.45) is 11.8 Å². The number of likely N-dealkylation sites (tertiary alicyclic amines) is 2. The zero-order valence-electron chi connectivity index (χ0n) is 17.6. The largest absolute Gasteiger partial charge is 0.338 e. The Bertz CT molecular complexity index is 908. The number of fused-ring (bicyclic) bond motifs is 1. The first-order valence-electron chi connectivity index (χ1n) is 10.7. The first kappa shape index (κ1) is 19.7. The number of rotatable bonds is 4. The Kier molecular flexibility index (Phi) is 5.44. The Morgan fingerprint density at radius 3 is 2.41 bits per heavy atom. The second-order valence-electron chi connectivity index (χ2n) is 8.58. The van der Waals surface area contributed by atoms with Crippen molar-refractivity contribution in [2.75, 3.05) is 19.6 Å². The molecule has 0 aromatic heterocycles. The third kappa shape index (κ3) is 3.68. The average Bonchev–Trinajstić information content (AvgIpc) is 3.28. The van der Waals surface area contributed by atoms with Gasteiger partial charge in [-0.25, -0.2) is 0 Å². The molecule has 4 nitrogen and oxygen atoms in total. The van der Waals surface area contributed by atoms with E-state index >= 15 is 0 Å². The lowest BCUT2D eigenvalue weighted by Gasteiger charge is -2.30. The molecule has 0 radical (unpaired) electrons. The van der Waals surface area contributed by atoms with Crippen LogP contribution in [0.1, 0.15) is 52.9 Å². The van der Waals surface area contributed by atoms with Gasteiger partial charge < -0.3 is 9.80 Å². The number of hydrogen-bond donors (Lipinski definition) is 0. The molecule has 152 valence electrons. The highest BCUT2D eigenvalue weighted by Gasteiger charge is 2.49. The highest BCUT2D eigenvalue weighted by atomic mass is 16.2. The number of aryl methyl sites for hydroxylation is 2. The lowest BCUT2D eigenvalue weighted by molar-refractivity contribution is -0.132. The summed E-state index contributed by atoms with van der Waals surface area (Å²) in [5.41, 5.74) is 4.30. The van der Waals surface area contributed by atoms with Crippen molar-refractivity contribution in [3.63, 3.8) is 0 Å². The Hall–Kier alpha value is -2.62. The molecule has 2 amide bonds. The van der Waals surface area contributed by atoms with Crippen LogP contribution in [-0.4, -0.2) is 41.2 Å². The molecule has 2 aromatic carbocycles. The summed E-state index contributed by atoms with van der Waals surface area (Å²) in [5.74, 6) is 0.994. The minimum Gasteiger partial charge on any atom is -0.338 e. The van der Waals surface area contributed by atoms with Crippen molar-refractivity contribution < 1.29 is 9.59 Å². The quantitative estimate of drug-likeness (QED) is 0.778. The third-order valence-corrected chi connectivity index (χ3v) is 6.63. The second kappa shape index (κ2) is 8.02. The number of nitrogens with zero attached hydrogens (tertiary/aromatic N) is 2. The van der Waals surface area contributed by atoms with Gasteiger partial charge in [0.2, 0.25) is 5.91 Å². The van der Waals surface area contributed by atoms with E-state index in [2.05, 4.69) is 30.9 Å². The van der Waals surface area contributed by atoms with E-state index in [1.807, 2.05) is 48.2 Å². The number of carbonyl (C=O) groups is 2. The van der Waals surface area contributed by atoms with E-state index in [0.717, 1.165) is 30.6 Å². The van der Waals surface area contributed by atoms with E-state index in [9.17, 15) is 9.59 Å². The molecule has 2 fully saturated rings. The third-order valence-electron chi connectivity index (χ3n) is 6.63. The average molecular weight is 391 g/mol. The Morgan fingerprint density at radius 2 is 1.72 bits per heavy atom. The van der Waals surface area contributed by atoms with Gasteiger partial charge in [0.1, 0.15) is 0 Å². The van der Waals surface area contributed by atoms with Gasteiger partial charge in [-0.3, -0.25) is 9.59 Å². The molecule has 2 aliphatic heterocycles. The summed E-state index contributed by atoms with van der Waals surface area (Å²) in [6, 6.07) is 16.4. The summed E-state index contributed by atoms with van der Waals surface area (Å²) >= 11 is 0. The Labute approximate surface area is 173 Å². The lowest BCUT2D eigenvalue weighted by Crippen LogP contribution is -2.37. The summed E-state index contributed by atoms with van der Waals surface area (Å²) in [6.45, 7) is 8.36. The van der Waals surface area contributed by atoms with Gasteiger partial charge in [-0.2, -0.15) is 0 Å². The van der Waals surface area contributed by atoms with Crippen LogP contribution in [0, 0.1) is 25.7 Å². The molecule has 2 aromatic rings. The van der Waals surface area contributed by atoms with Crippen LogP contribution in [0.25, 0.3) is 0 Å². The van der Waals surface area contributed by atoms with Crippen LogP contribution in [0.15, 0.2) is 48.5 Å². The number of amides is 2. The fourth-order valence-electron chi connectivity index (χ4n) is 4.96. The fraction of sp³-hybridized carbons (Fsp3) is 0.440. The molecule has 0 unspecified atom stereocenters. The predicted molar refractivity (Wildman–Crippen MR) is 115 cm³/mol. The maximum atomic E-state index is 13.1. The topological polar surface area (TPSA) is 40.6 Å². The van der Waals surface area contributed by atoms with Crippen LogP contribution in [0.3, 0.4) is 0 Å². The monoisotopic (exact) mass is 390 g/mol. The van der Waals surface area contributed by atoms with E-state index in [4.69, 9.17) is 0 Å². The maximum Gasteiger partial charge on any atom is 0.253 e. The molecule has 4 heteroatoms. The Morgan fingerprint density at radius 1 is 0.966 bits per heavy atom. The highest BCUT2D eigenvalue weighted by Crippen LogP contribution is 2.45.